The van der Waals surface area contributed by atoms with Crippen LogP contribution in [0.25, 0.3) is 0 Å². The lowest BCUT2D eigenvalue weighted by Crippen LogP contribution is -2.54. The molecule has 3 atom stereocenters. The maximum Gasteiger partial charge on any atom is 0.250 e. The van der Waals surface area contributed by atoms with Crippen molar-refractivity contribution in [2.24, 2.45) is 11.8 Å². The molecule has 3 nitrogen and oxygen atoms in total. The van der Waals surface area contributed by atoms with Crippen LogP contribution < -0.4 is 4.43 Å². The molecule has 1 aromatic rings. The standard InChI is InChI=1S/C25H41NO2Si/c1-24(2,3)29(4,5)28-23-8-6-7-20(15-23)25-13-14-26(17-19-9-10-19)18-21(25)11-12-22(27)16-25/h6-8,15,19,21-22,27H,9-14,16-18H2,1-5H3/t21-,22+,25+/m1/s1. The van der Waals surface area contributed by atoms with Gasteiger partial charge in [-0.15, -0.1) is 0 Å². The first-order valence-corrected chi connectivity index (χ1v) is 14.7. The molecule has 2 saturated carbocycles. The predicted octanol–water partition coefficient (Wildman–Crippen LogP) is 5.59. The van der Waals surface area contributed by atoms with Crippen molar-refractivity contribution < 1.29 is 9.53 Å². The van der Waals surface area contributed by atoms with E-state index in [9.17, 15) is 5.11 Å². The van der Waals surface area contributed by atoms with Gasteiger partial charge in [0.2, 0.25) is 8.32 Å². The number of fused-ring (bicyclic) bond motifs is 1. The van der Waals surface area contributed by atoms with Gasteiger partial charge in [-0.25, -0.2) is 0 Å². The fraction of sp³-hybridized carbons (Fsp3) is 0.760. The monoisotopic (exact) mass is 415 g/mol. The summed E-state index contributed by atoms with van der Waals surface area (Å²) in [5, 5.41) is 10.8. The minimum atomic E-state index is -1.86. The van der Waals surface area contributed by atoms with Gasteiger partial charge in [-0.3, -0.25) is 0 Å². The van der Waals surface area contributed by atoms with E-state index < -0.39 is 8.32 Å². The molecule has 1 saturated heterocycles. The Balaban J connectivity index is 1.59. The van der Waals surface area contributed by atoms with E-state index in [2.05, 4.69) is 63.0 Å². The highest BCUT2D eigenvalue weighted by molar-refractivity contribution is 6.74. The second-order valence-corrected chi connectivity index (χ2v) is 16.4. The van der Waals surface area contributed by atoms with Crippen molar-refractivity contribution in [2.75, 3.05) is 19.6 Å². The number of hydrogen-bond donors (Lipinski definition) is 1. The highest BCUT2D eigenvalue weighted by Crippen LogP contribution is 2.50. The van der Waals surface area contributed by atoms with Crippen molar-refractivity contribution in [2.45, 2.75) is 88.9 Å². The minimum Gasteiger partial charge on any atom is -0.543 e. The Morgan fingerprint density at radius 1 is 1.17 bits per heavy atom. The second kappa shape index (κ2) is 7.69. The third kappa shape index (κ3) is 4.45. The third-order valence-corrected chi connectivity index (χ3v) is 12.7. The Kier molecular flexibility index (Phi) is 5.67. The first-order valence-electron chi connectivity index (χ1n) is 11.8. The molecule has 162 valence electrons. The van der Waals surface area contributed by atoms with Crippen LogP contribution >= 0.6 is 0 Å². The second-order valence-electron chi connectivity index (χ2n) is 11.6. The zero-order valence-corrected chi connectivity index (χ0v) is 20.2. The minimum absolute atomic E-state index is 0.116. The van der Waals surface area contributed by atoms with Gasteiger partial charge in [0.05, 0.1) is 6.10 Å². The molecule has 4 heteroatoms. The van der Waals surface area contributed by atoms with Crippen molar-refractivity contribution in [1.29, 1.82) is 0 Å². The average molecular weight is 416 g/mol. The van der Waals surface area contributed by atoms with Crippen LogP contribution in [-0.4, -0.2) is 44.1 Å². The van der Waals surface area contributed by atoms with Crippen LogP contribution in [0, 0.1) is 11.8 Å². The summed E-state index contributed by atoms with van der Waals surface area (Å²) in [5.41, 5.74) is 1.52. The van der Waals surface area contributed by atoms with Crippen LogP contribution in [0.15, 0.2) is 24.3 Å². The summed E-state index contributed by atoms with van der Waals surface area (Å²) in [6, 6.07) is 8.94. The van der Waals surface area contributed by atoms with Crippen molar-refractivity contribution >= 4 is 8.32 Å². The van der Waals surface area contributed by atoms with Gasteiger partial charge in [-0.1, -0.05) is 32.9 Å². The van der Waals surface area contributed by atoms with E-state index in [0.717, 1.165) is 30.9 Å². The summed E-state index contributed by atoms with van der Waals surface area (Å²) < 4.78 is 6.65. The fourth-order valence-electron chi connectivity index (χ4n) is 5.34. The summed E-state index contributed by atoms with van der Waals surface area (Å²) in [5.74, 6) is 2.64. The number of rotatable bonds is 5. The first kappa shape index (κ1) is 21.4. The molecule has 29 heavy (non-hydrogen) atoms. The molecule has 0 bridgehead atoms. The molecule has 1 heterocycles. The molecule has 0 amide bonds. The van der Waals surface area contributed by atoms with E-state index in [1.54, 1.807) is 0 Å². The highest BCUT2D eigenvalue weighted by atomic mass is 28.4. The molecule has 1 aliphatic heterocycles. The van der Waals surface area contributed by atoms with Gasteiger partial charge in [0, 0.05) is 18.5 Å². The Morgan fingerprint density at radius 3 is 2.62 bits per heavy atom. The molecule has 0 unspecified atom stereocenters. The molecule has 3 fully saturated rings. The van der Waals surface area contributed by atoms with Crippen LogP contribution in [0.2, 0.25) is 18.1 Å². The molecule has 2 aliphatic carbocycles. The first-order chi connectivity index (χ1) is 13.6. The zero-order valence-electron chi connectivity index (χ0n) is 19.2. The summed E-state index contributed by atoms with van der Waals surface area (Å²) in [4.78, 5) is 2.72. The van der Waals surface area contributed by atoms with Gasteiger partial charge < -0.3 is 14.4 Å². The molecular weight excluding hydrogens is 374 g/mol. The molecular formula is C25H41NO2Si. The van der Waals surface area contributed by atoms with Crippen LogP contribution in [-0.2, 0) is 5.41 Å². The van der Waals surface area contributed by atoms with Crippen molar-refractivity contribution in [1.82, 2.24) is 4.90 Å². The Bertz CT molecular complexity index is 724. The molecule has 0 aromatic heterocycles. The quantitative estimate of drug-likeness (QED) is 0.637. The smallest absolute Gasteiger partial charge is 0.250 e. The molecule has 0 spiro atoms. The number of aliphatic hydroxyl groups is 1. The average Bonchev–Trinajstić information content (AvgIpc) is 3.45. The van der Waals surface area contributed by atoms with E-state index in [0.29, 0.717) is 5.92 Å². The predicted molar refractivity (Wildman–Crippen MR) is 123 cm³/mol. The van der Waals surface area contributed by atoms with E-state index >= 15 is 0 Å². The van der Waals surface area contributed by atoms with Gasteiger partial charge >= 0.3 is 0 Å². The maximum atomic E-state index is 10.6. The molecule has 0 radical (unpaired) electrons. The normalized spacial score (nSPS) is 31.4. The number of benzene rings is 1. The SMILES string of the molecule is CC(C)(C)[Si](C)(C)Oc1cccc([C@@]23CCN(CC4CC4)C[C@H]2CC[C@H](O)C3)c1. The lowest BCUT2D eigenvalue weighted by Gasteiger charge is -2.52. The number of nitrogens with zero attached hydrogens (tertiary/aromatic N) is 1. The molecule has 4 rings (SSSR count). The van der Waals surface area contributed by atoms with E-state index in [1.807, 2.05) is 0 Å². The summed E-state index contributed by atoms with van der Waals surface area (Å²) in [7, 11) is -1.86. The molecule has 1 aromatic carbocycles. The van der Waals surface area contributed by atoms with Gasteiger partial charge in [-0.05, 0) is 92.7 Å². The fourth-order valence-corrected chi connectivity index (χ4v) is 6.36. The van der Waals surface area contributed by atoms with Gasteiger partial charge in [-0.2, -0.15) is 0 Å². The number of hydrogen-bond acceptors (Lipinski definition) is 3. The number of piperidine rings is 1. The maximum absolute atomic E-state index is 10.6. The van der Waals surface area contributed by atoms with Crippen LogP contribution in [0.3, 0.4) is 0 Å². The van der Waals surface area contributed by atoms with Crippen LogP contribution in [0.4, 0.5) is 0 Å². The summed E-state index contributed by atoms with van der Waals surface area (Å²) >= 11 is 0. The third-order valence-electron chi connectivity index (χ3n) is 8.38. The molecule has 3 aliphatic rings. The molecule has 1 N–H and O–H groups in total. The van der Waals surface area contributed by atoms with E-state index in [1.165, 1.54) is 44.5 Å². The highest BCUT2D eigenvalue weighted by Gasteiger charge is 2.48. The summed E-state index contributed by atoms with van der Waals surface area (Å²) in [6.07, 6.45) is 6.89. The van der Waals surface area contributed by atoms with Crippen LogP contribution in [0.5, 0.6) is 5.75 Å². The topological polar surface area (TPSA) is 32.7 Å². The summed E-state index contributed by atoms with van der Waals surface area (Å²) in [6.45, 7) is 15.2. The Labute approximate surface area is 179 Å². The largest absolute Gasteiger partial charge is 0.543 e. The van der Waals surface area contributed by atoms with E-state index in [-0.39, 0.29) is 16.6 Å². The van der Waals surface area contributed by atoms with Crippen molar-refractivity contribution in [3.8, 4) is 5.75 Å². The Hall–Kier alpha value is -0.843. The number of likely N-dealkylation sites (tertiary alicyclic amines) is 1. The van der Waals surface area contributed by atoms with E-state index in [4.69, 9.17) is 4.43 Å². The Morgan fingerprint density at radius 2 is 1.93 bits per heavy atom. The van der Waals surface area contributed by atoms with Crippen molar-refractivity contribution in [3.63, 3.8) is 0 Å². The van der Waals surface area contributed by atoms with Gasteiger partial charge in [0.15, 0.2) is 0 Å². The van der Waals surface area contributed by atoms with Crippen molar-refractivity contribution in [3.05, 3.63) is 29.8 Å². The van der Waals surface area contributed by atoms with Gasteiger partial charge in [0.1, 0.15) is 5.75 Å². The lowest BCUT2D eigenvalue weighted by molar-refractivity contribution is -0.00473. The lowest BCUT2D eigenvalue weighted by atomic mass is 9.58. The van der Waals surface area contributed by atoms with Gasteiger partial charge in [0.25, 0.3) is 0 Å². The zero-order chi connectivity index (χ0) is 20.9. The number of aliphatic hydroxyl groups excluding tert-OH is 1. The van der Waals surface area contributed by atoms with Crippen LogP contribution in [0.1, 0.15) is 64.9 Å².